The molecular weight excluding hydrogens is 380 g/mol. The van der Waals surface area contributed by atoms with Gasteiger partial charge < -0.3 is 14.6 Å². The van der Waals surface area contributed by atoms with Gasteiger partial charge in [0.15, 0.2) is 0 Å². The Labute approximate surface area is 175 Å². The van der Waals surface area contributed by atoms with Gasteiger partial charge in [-0.3, -0.25) is 0 Å². The third kappa shape index (κ3) is 4.93. The van der Waals surface area contributed by atoms with Gasteiger partial charge in [-0.15, -0.1) is 0 Å². The lowest BCUT2D eigenvalue weighted by Gasteiger charge is -2.28. The quantitative estimate of drug-likeness (QED) is 0.467. The number of ether oxygens (including phenoxy) is 2. The minimum atomic E-state index is -1.05. The van der Waals surface area contributed by atoms with E-state index >= 15 is 0 Å². The second-order valence-electron chi connectivity index (χ2n) is 7.95. The van der Waals surface area contributed by atoms with Crippen LogP contribution in [0.3, 0.4) is 0 Å². The number of carbonyl (C=O) groups excluding carboxylic acids is 2. The van der Waals surface area contributed by atoms with Gasteiger partial charge in [-0.05, 0) is 41.8 Å². The first-order valence-corrected chi connectivity index (χ1v) is 9.63. The molecule has 0 aliphatic heterocycles. The molecule has 5 heteroatoms. The summed E-state index contributed by atoms with van der Waals surface area (Å²) >= 11 is 0. The molecule has 0 aromatic heterocycles. The highest BCUT2D eigenvalue weighted by molar-refractivity contribution is 5.92. The molecule has 1 N–H and O–H groups in total. The van der Waals surface area contributed by atoms with E-state index in [9.17, 15) is 14.7 Å². The molecule has 3 aromatic carbocycles. The fourth-order valence-electron chi connectivity index (χ4n) is 2.87. The number of aliphatic hydroxyl groups excluding tert-OH is 1. The minimum absolute atomic E-state index is 0.143. The highest BCUT2D eigenvalue weighted by Gasteiger charge is 2.31. The number of esters is 2. The van der Waals surface area contributed by atoms with Gasteiger partial charge in [0.05, 0.1) is 22.8 Å². The lowest BCUT2D eigenvalue weighted by atomic mass is 9.84. The summed E-state index contributed by atoms with van der Waals surface area (Å²) < 4.78 is 11.2. The van der Waals surface area contributed by atoms with Crippen LogP contribution in [0.25, 0.3) is 0 Å². The van der Waals surface area contributed by atoms with Gasteiger partial charge in [0.2, 0.25) is 0 Å². The van der Waals surface area contributed by atoms with E-state index < -0.39 is 23.5 Å². The molecule has 0 radical (unpaired) electrons. The molecule has 0 saturated heterocycles. The maximum atomic E-state index is 12.6. The smallest absolute Gasteiger partial charge is 0.343 e. The van der Waals surface area contributed by atoms with Crippen molar-refractivity contribution in [2.45, 2.75) is 26.9 Å². The van der Waals surface area contributed by atoms with Gasteiger partial charge in [-0.2, -0.15) is 0 Å². The maximum Gasteiger partial charge on any atom is 0.343 e. The van der Waals surface area contributed by atoms with Crippen molar-refractivity contribution in [3.8, 4) is 11.5 Å². The summed E-state index contributed by atoms with van der Waals surface area (Å²) in [6.07, 6.45) is -1.05. The average molecular weight is 404 g/mol. The number of aliphatic hydroxyl groups is 1. The summed E-state index contributed by atoms with van der Waals surface area (Å²) in [7, 11) is 0. The number of hydrogen-bond donors (Lipinski definition) is 1. The van der Waals surface area contributed by atoms with Crippen molar-refractivity contribution >= 4 is 11.9 Å². The summed E-state index contributed by atoms with van der Waals surface area (Å²) in [5, 5.41) is 11.0. The minimum Gasteiger partial charge on any atom is -0.422 e. The van der Waals surface area contributed by atoms with Crippen LogP contribution in [0.1, 0.15) is 53.2 Å². The Morgan fingerprint density at radius 3 is 1.47 bits per heavy atom. The number of benzene rings is 3. The van der Waals surface area contributed by atoms with E-state index in [4.69, 9.17) is 9.47 Å². The Balaban J connectivity index is 1.99. The Hall–Kier alpha value is -3.44. The van der Waals surface area contributed by atoms with E-state index in [0.29, 0.717) is 11.1 Å². The van der Waals surface area contributed by atoms with Gasteiger partial charge in [0.25, 0.3) is 0 Å². The molecule has 0 heterocycles. The number of rotatable bonds is 5. The van der Waals surface area contributed by atoms with Crippen LogP contribution in [-0.2, 0) is 0 Å². The lowest BCUT2D eigenvalue weighted by molar-refractivity contribution is 0.0525. The lowest BCUT2D eigenvalue weighted by Crippen LogP contribution is -2.21. The van der Waals surface area contributed by atoms with Gasteiger partial charge in [0, 0.05) is 0 Å². The van der Waals surface area contributed by atoms with Crippen LogP contribution >= 0.6 is 0 Å². The normalized spacial score (nSPS) is 12.1. The van der Waals surface area contributed by atoms with E-state index in [-0.39, 0.29) is 17.1 Å². The summed E-state index contributed by atoms with van der Waals surface area (Å²) in [5.41, 5.74) is 0.405. The molecule has 0 bridgehead atoms. The molecule has 0 spiro atoms. The molecule has 0 amide bonds. The number of hydrogen-bond acceptors (Lipinski definition) is 5. The average Bonchev–Trinajstić information content (AvgIpc) is 2.74. The van der Waals surface area contributed by atoms with Crippen LogP contribution in [0.4, 0.5) is 0 Å². The Morgan fingerprint density at radius 2 is 1.10 bits per heavy atom. The van der Waals surface area contributed by atoms with E-state index in [1.807, 2.05) is 20.8 Å². The molecule has 30 heavy (non-hydrogen) atoms. The molecule has 3 aromatic rings. The largest absolute Gasteiger partial charge is 0.422 e. The van der Waals surface area contributed by atoms with Crippen LogP contribution in [0, 0.1) is 5.41 Å². The molecule has 0 saturated carbocycles. The van der Waals surface area contributed by atoms with E-state index in [0.717, 1.165) is 0 Å². The van der Waals surface area contributed by atoms with E-state index in [1.54, 1.807) is 78.9 Å². The zero-order chi connectivity index (χ0) is 21.7. The summed E-state index contributed by atoms with van der Waals surface area (Å²) in [6, 6.07) is 21.9. The SMILES string of the molecule is CC(C)(C)C(O)c1c(OC(=O)c2ccccc2)cccc1OC(=O)c1ccccc1. The third-order valence-electron chi connectivity index (χ3n) is 4.54. The van der Waals surface area contributed by atoms with E-state index in [1.165, 1.54) is 0 Å². The van der Waals surface area contributed by atoms with E-state index in [2.05, 4.69) is 0 Å². The van der Waals surface area contributed by atoms with Crippen LogP contribution < -0.4 is 9.47 Å². The van der Waals surface area contributed by atoms with Gasteiger partial charge >= 0.3 is 11.9 Å². The molecule has 154 valence electrons. The Morgan fingerprint density at radius 1 is 0.700 bits per heavy atom. The molecule has 0 aliphatic carbocycles. The topological polar surface area (TPSA) is 72.8 Å². The Bertz CT molecular complexity index is 949. The van der Waals surface area contributed by atoms with Crippen molar-refractivity contribution in [3.63, 3.8) is 0 Å². The van der Waals surface area contributed by atoms with Crippen LogP contribution in [0.5, 0.6) is 11.5 Å². The first-order chi connectivity index (χ1) is 14.3. The second kappa shape index (κ2) is 8.93. The molecule has 3 rings (SSSR count). The molecule has 0 fully saturated rings. The third-order valence-corrected chi connectivity index (χ3v) is 4.54. The van der Waals surface area contributed by atoms with Crippen molar-refractivity contribution < 1.29 is 24.2 Å². The highest BCUT2D eigenvalue weighted by atomic mass is 16.5. The van der Waals surface area contributed by atoms with Crippen molar-refractivity contribution in [1.29, 1.82) is 0 Å². The second-order valence-corrected chi connectivity index (χ2v) is 7.95. The Kier molecular flexibility index (Phi) is 6.33. The standard InChI is InChI=1S/C25H24O5/c1-25(2,3)22(26)21-19(29-23(27)17-11-6-4-7-12-17)15-10-16-20(21)30-24(28)18-13-8-5-9-14-18/h4-16,22,26H,1-3H3. The van der Waals surface area contributed by atoms with Crippen LogP contribution in [-0.4, -0.2) is 17.0 Å². The molecule has 5 nitrogen and oxygen atoms in total. The van der Waals surface area contributed by atoms with Gasteiger partial charge in [-0.25, -0.2) is 9.59 Å². The van der Waals surface area contributed by atoms with Crippen LogP contribution in [0.2, 0.25) is 0 Å². The molecule has 1 unspecified atom stereocenters. The highest BCUT2D eigenvalue weighted by Crippen LogP contribution is 2.43. The van der Waals surface area contributed by atoms with Gasteiger partial charge in [-0.1, -0.05) is 63.2 Å². The van der Waals surface area contributed by atoms with Crippen molar-refractivity contribution in [3.05, 3.63) is 95.6 Å². The van der Waals surface area contributed by atoms with Crippen molar-refractivity contribution in [2.75, 3.05) is 0 Å². The zero-order valence-electron chi connectivity index (χ0n) is 17.2. The predicted molar refractivity (Wildman–Crippen MR) is 114 cm³/mol. The van der Waals surface area contributed by atoms with Crippen LogP contribution in [0.15, 0.2) is 78.9 Å². The van der Waals surface area contributed by atoms with Crippen molar-refractivity contribution in [1.82, 2.24) is 0 Å². The first kappa shape index (κ1) is 21.3. The molecular formula is C25H24O5. The summed E-state index contributed by atoms with van der Waals surface area (Å²) in [4.78, 5) is 25.2. The summed E-state index contributed by atoms with van der Waals surface area (Å²) in [6.45, 7) is 5.53. The maximum absolute atomic E-state index is 12.6. The fourth-order valence-corrected chi connectivity index (χ4v) is 2.87. The van der Waals surface area contributed by atoms with Gasteiger partial charge in [0.1, 0.15) is 11.5 Å². The van der Waals surface area contributed by atoms with Crippen molar-refractivity contribution in [2.24, 2.45) is 5.41 Å². The zero-order valence-corrected chi connectivity index (χ0v) is 17.2. The predicted octanol–water partition coefficient (Wildman–Crippen LogP) is 5.20. The molecule has 0 aliphatic rings. The first-order valence-electron chi connectivity index (χ1n) is 9.63. The summed E-state index contributed by atoms with van der Waals surface area (Å²) in [5.74, 6) is -0.844. The number of carbonyl (C=O) groups is 2. The molecule has 1 atom stereocenters. The monoisotopic (exact) mass is 404 g/mol. The fraction of sp³-hybridized carbons (Fsp3) is 0.200.